The number of nitrogens with zero attached hydrogens (tertiary/aromatic N) is 2. The first-order valence-electron chi connectivity index (χ1n) is 6.12. The van der Waals surface area contributed by atoms with Crippen LogP contribution >= 0.6 is 11.8 Å². The Labute approximate surface area is 123 Å². The molecule has 21 heavy (non-hydrogen) atoms. The zero-order chi connectivity index (χ0) is 15.5. The molecule has 0 saturated carbocycles. The van der Waals surface area contributed by atoms with Crippen LogP contribution in [0.2, 0.25) is 0 Å². The van der Waals surface area contributed by atoms with Crippen molar-refractivity contribution >= 4 is 17.4 Å². The first-order valence-corrected chi connectivity index (χ1v) is 7.11. The summed E-state index contributed by atoms with van der Waals surface area (Å²) in [6, 6.07) is 8.08. The molecule has 1 aromatic carbocycles. The summed E-state index contributed by atoms with van der Waals surface area (Å²) in [6.45, 7) is -0.00415. The van der Waals surface area contributed by atoms with Gasteiger partial charge in [-0.05, 0) is 18.2 Å². The Morgan fingerprint density at radius 1 is 1.29 bits per heavy atom. The topological polar surface area (TPSA) is 64.1 Å². The number of benzene rings is 1. The van der Waals surface area contributed by atoms with Crippen LogP contribution in [0.1, 0.15) is 5.69 Å². The molecule has 0 aliphatic rings. The molecule has 0 unspecified atom stereocenters. The fourth-order valence-corrected chi connectivity index (χ4v) is 2.57. The number of hydrogen-bond donors (Lipinski definition) is 2. The highest BCUT2D eigenvalue weighted by Crippen LogP contribution is 2.28. The molecule has 4 nitrogen and oxygen atoms in total. The standard InChI is InChI=1S/C13H14F3N3OS/c14-13(15,16)12-5-6-19(18-12)7-9(20)8-21-11-4-2-1-3-10(11)17/h1-6,9,20H,7-8,17H2/t9-/m1/s1. The molecule has 114 valence electrons. The molecule has 1 aromatic heterocycles. The summed E-state index contributed by atoms with van der Waals surface area (Å²) in [5.74, 6) is 0.315. The smallest absolute Gasteiger partial charge is 0.398 e. The summed E-state index contributed by atoms with van der Waals surface area (Å²) >= 11 is 1.35. The van der Waals surface area contributed by atoms with Crippen molar-refractivity contribution in [3.05, 3.63) is 42.2 Å². The van der Waals surface area contributed by atoms with E-state index in [0.29, 0.717) is 11.4 Å². The Hall–Kier alpha value is -1.67. The Balaban J connectivity index is 1.89. The SMILES string of the molecule is Nc1ccccc1SC[C@H](O)Cn1ccc(C(F)(F)F)n1. The number of aliphatic hydroxyl groups is 1. The second kappa shape index (κ2) is 6.40. The van der Waals surface area contributed by atoms with E-state index in [0.717, 1.165) is 15.6 Å². The lowest BCUT2D eigenvalue weighted by atomic mass is 10.3. The normalized spacial score (nSPS) is 13.3. The molecule has 1 atom stereocenters. The number of nitrogens with two attached hydrogens (primary N) is 1. The van der Waals surface area contributed by atoms with E-state index in [9.17, 15) is 18.3 Å². The van der Waals surface area contributed by atoms with Gasteiger partial charge in [0.15, 0.2) is 5.69 Å². The number of aromatic nitrogens is 2. The highest BCUT2D eigenvalue weighted by atomic mass is 32.2. The average Bonchev–Trinajstić information content (AvgIpc) is 2.86. The molecule has 0 fully saturated rings. The van der Waals surface area contributed by atoms with Gasteiger partial charge in [0.25, 0.3) is 0 Å². The van der Waals surface area contributed by atoms with Crippen molar-refractivity contribution in [1.82, 2.24) is 9.78 Å². The molecule has 2 aromatic rings. The van der Waals surface area contributed by atoms with E-state index in [2.05, 4.69) is 5.10 Å². The molecule has 1 heterocycles. The van der Waals surface area contributed by atoms with Gasteiger partial charge in [0, 0.05) is 22.5 Å². The van der Waals surface area contributed by atoms with E-state index in [1.807, 2.05) is 12.1 Å². The summed E-state index contributed by atoms with van der Waals surface area (Å²) in [7, 11) is 0. The molecule has 0 saturated heterocycles. The summed E-state index contributed by atoms with van der Waals surface area (Å²) < 4.78 is 38.3. The van der Waals surface area contributed by atoms with E-state index in [-0.39, 0.29) is 6.54 Å². The summed E-state index contributed by atoms with van der Waals surface area (Å²) in [6.07, 6.45) is -4.09. The van der Waals surface area contributed by atoms with Crippen LogP contribution in [0.4, 0.5) is 18.9 Å². The van der Waals surface area contributed by atoms with E-state index in [1.165, 1.54) is 18.0 Å². The van der Waals surface area contributed by atoms with Crippen molar-refractivity contribution in [1.29, 1.82) is 0 Å². The number of hydrogen-bond acceptors (Lipinski definition) is 4. The molecule has 0 spiro atoms. The minimum absolute atomic E-state index is 0.00415. The van der Waals surface area contributed by atoms with Crippen LogP contribution in [0.5, 0.6) is 0 Å². The number of anilines is 1. The second-order valence-electron chi connectivity index (χ2n) is 4.42. The number of thioether (sulfide) groups is 1. The Morgan fingerprint density at radius 3 is 2.62 bits per heavy atom. The maximum atomic E-state index is 12.4. The second-order valence-corrected chi connectivity index (χ2v) is 5.49. The Bertz CT molecular complexity index is 600. The number of para-hydroxylation sites is 1. The maximum Gasteiger partial charge on any atom is 0.435 e. The lowest BCUT2D eigenvalue weighted by molar-refractivity contribution is -0.141. The molecular formula is C13H14F3N3OS. The third-order valence-electron chi connectivity index (χ3n) is 2.68. The van der Waals surface area contributed by atoms with Gasteiger partial charge in [-0.2, -0.15) is 18.3 Å². The van der Waals surface area contributed by atoms with Gasteiger partial charge in [-0.25, -0.2) is 0 Å². The lowest BCUT2D eigenvalue weighted by Gasteiger charge is -2.11. The molecule has 0 aliphatic heterocycles. The summed E-state index contributed by atoms with van der Waals surface area (Å²) in [5.41, 5.74) is 5.41. The van der Waals surface area contributed by atoms with Crippen LogP contribution in [0, 0.1) is 0 Å². The maximum absolute atomic E-state index is 12.4. The predicted octanol–water partition coefficient (Wildman–Crippen LogP) is 2.64. The Kier molecular flexibility index (Phi) is 4.79. The molecule has 0 bridgehead atoms. The summed E-state index contributed by atoms with van der Waals surface area (Å²) in [4.78, 5) is 0.827. The molecular weight excluding hydrogens is 303 g/mol. The quantitative estimate of drug-likeness (QED) is 0.657. The van der Waals surface area contributed by atoms with Crippen molar-refractivity contribution < 1.29 is 18.3 Å². The van der Waals surface area contributed by atoms with Crippen LogP contribution in [0.3, 0.4) is 0 Å². The third kappa shape index (κ3) is 4.40. The summed E-state index contributed by atoms with van der Waals surface area (Å²) in [5, 5.41) is 13.3. The largest absolute Gasteiger partial charge is 0.435 e. The average molecular weight is 317 g/mol. The molecule has 2 rings (SSSR count). The van der Waals surface area contributed by atoms with Crippen molar-refractivity contribution in [3.8, 4) is 0 Å². The number of halogens is 3. The number of aliphatic hydroxyl groups excluding tert-OH is 1. The number of rotatable bonds is 5. The van der Waals surface area contributed by atoms with Gasteiger partial charge in [-0.1, -0.05) is 12.1 Å². The van der Waals surface area contributed by atoms with Crippen molar-refractivity contribution in [2.45, 2.75) is 23.7 Å². The zero-order valence-corrected chi connectivity index (χ0v) is 11.7. The van der Waals surface area contributed by atoms with Crippen LogP contribution in [-0.4, -0.2) is 26.7 Å². The number of nitrogen functional groups attached to an aromatic ring is 1. The van der Waals surface area contributed by atoms with Crippen LogP contribution < -0.4 is 5.73 Å². The molecule has 0 aliphatic carbocycles. The minimum Gasteiger partial charge on any atom is -0.398 e. The first kappa shape index (κ1) is 15.7. The van der Waals surface area contributed by atoms with Crippen LogP contribution in [-0.2, 0) is 12.7 Å². The van der Waals surface area contributed by atoms with Gasteiger partial charge in [0.1, 0.15) is 0 Å². The van der Waals surface area contributed by atoms with Gasteiger partial charge in [-0.15, -0.1) is 11.8 Å². The van der Waals surface area contributed by atoms with E-state index >= 15 is 0 Å². The molecule has 8 heteroatoms. The highest BCUT2D eigenvalue weighted by molar-refractivity contribution is 7.99. The fraction of sp³-hybridized carbons (Fsp3) is 0.308. The Morgan fingerprint density at radius 2 is 2.00 bits per heavy atom. The van der Waals surface area contributed by atoms with Gasteiger partial charge >= 0.3 is 6.18 Å². The van der Waals surface area contributed by atoms with Crippen molar-refractivity contribution in [2.24, 2.45) is 0 Å². The first-order chi connectivity index (χ1) is 9.86. The van der Waals surface area contributed by atoms with Gasteiger partial charge in [0.05, 0.1) is 12.6 Å². The highest BCUT2D eigenvalue weighted by Gasteiger charge is 2.33. The van der Waals surface area contributed by atoms with Crippen LogP contribution in [0.15, 0.2) is 41.4 Å². The lowest BCUT2D eigenvalue weighted by Crippen LogP contribution is -2.19. The molecule has 0 radical (unpaired) electrons. The predicted molar refractivity (Wildman–Crippen MR) is 74.8 cm³/mol. The van der Waals surface area contributed by atoms with Crippen molar-refractivity contribution in [3.63, 3.8) is 0 Å². The zero-order valence-electron chi connectivity index (χ0n) is 10.9. The molecule has 3 N–H and O–H groups in total. The van der Waals surface area contributed by atoms with E-state index < -0.39 is 18.0 Å². The fourth-order valence-electron chi connectivity index (χ4n) is 1.68. The number of alkyl halides is 3. The van der Waals surface area contributed by atoms with Crippen LogP contribution in [0.25, 0.3) is 0 Å². The van der Waals surface area contributed by atoms with Gasteiger partial charge in [0.2, 0.25) is 0 Å². The van der Waals surface area contributed by atoms with Gasteiger partial charge < -0.3 is 10.8 Å². The van der Waals surface area contributed by atoms with Gasteiger partial charge in [-0.3, -0.25) is 4.68 Å². The molecule has 0 amide bonds. The minimum atomic E-state index is -4.47. The van der Waals surface area contributed by atoms with E-state index in [4.69, 9.17) is 5.73 Å². The van der Waals surface area contributed by atoms with Crippen molar-refractivity contribution in [2.75, 3.05) is 11.5 Å². The van der Waals surface area contributed by atoms with E-state index in [1.54, 1.807) is 12.1 Å². The third-order valence-corrected chi connectivity index (χ3v) is 3.91. The monoisotopic (exact) mass is 317 g/mol.